The minimum Gasteiger partial charge on any atom is -0.354 e. The number of hydrogen-bond acceptors (Lipinski definition) is 2. The lowest BCUT2D eigenvalue weighted by molar-refractivity contribution is 1.06. The van der Waals surface area contributed by atoms with E-state index in [1.165, 1.54) is 22.3 Å². The molecule has 0 spiro atoms. The van der Waals surface area contributed by atoms with Crippen molar-refractivity contribution in [2.45, 2.75) is 27.7 Å². The van der Waals surface area contributed by atoms with Gasteiger partial charge in [0, 0.05) is 38.5 Å². The molecule has 6 bridgehead atoms. The zero-order chi connectivity index (χ0) is 36.0. The van der Waals surface area contributed by atoms with Crippen LogP contribution in [0.1, 0.15) is 50.2 Å². The van der Waals surface area contributed by atoms with Crippen molar-refractivity contribution in [3.63, 3.8) is 0 Å². The lowest BCUT2D eigenvalue weighted by Crippen LogP contribution is -2.20. The van der Waals surface area contributed by atoms with Gasteiger partial charge in [-0.05, 0) is 86.4 Å². The van der Waals surface area contributed by atoms with Crippen LogP contribution in [0.25, 0.3) is 38.4 Å². The van der Waals surface area contributed by atoms with Crippen LogP contribution in [0.4, 0.5) is 0 Å². The summed E-state index contributed by atoms with van der Waals surface area (Å²) in [5.41, 5.74) is 19.6. The molecule has 5 heteroatoms. The van der Waals surface area contributed by atoms with Crippen LogP contribution >= 0.6 is 11.6 Å². The van der Waals surface area contributed by atoms with Gasteiger partial charge in [0.25, 0.3) is 0 Å². The maximum atomic E-state index is 7.69. The number of fused-ring (bicyclic) bond motifs is 4. The van der Waals surface area contributed by atoms with Crippen LogP contribution in [-0.2, 0) is 0 Å². The molecule has 0 radical (unpaired) electrons. The number of nitrogens with one attached hydrogen (secondary N) is 1. The summed E-state index contributed by atoms with van der Waals surface area (Å²) in [4.78, 5) is 14.8. The molecular formula is C48H35ClN4. The van der Waals surface area contributed by atoms with Gasteiger partial charge in [-0.3, -0.25) is 4.40 Å². The van der Waals surface area contributed by atoms with Crippen molar-refractivity contribution in [3.05, 3.63) is 211 Å². The fourth-order valence-corrected chi connectivity index (χ4v) is 8.26. The summed E-state index contributed by atoms with van der Waals surface area (Å²) in [5, 5.41) is 2.55. The molecule has 53 heavy (non-hydrogen) atoms. The maximum absolute atomic E-state index is 7.69. The number of aryl methyl sites for hydroxylation is 4. The number of aromatic nitrogens is 2. The summed E-state index contributed by atoms with van der Waals surface area (Å²) in [5.74, 6) is 0. The first-order valence-electron chi connectivity index (χ1n) is 18.0. The van der Waals surface area contributed by atoms with Gasteiger partial charge in [-0.1, -0.05) is 131 Å². The summed E-state index contributed by atoms with van der Waals surface area (Å²) in [6.07, 6.45) is 4.31. The molecule has 0 amide bonds. The number of nitrogens with zero attached hydrogens (tertiary/aromatic N) is 3. The molecule has 254 valence electrons. The maximum Gasteiger partial charge on any atom is 0.147 e. The van der Waals surface area contributed by atoms with Crippen LogP contribution in [0.5, 0.6) is 0 Å². The number of benzene rings is 4. The molecule has 10 rings (SSSR count). The van der Waals surface area contributed by atoms with Crippen molar-refractivity contribution in [2.75, 3.05) is 0 Å². The number of halogens is 1. The molecule has 0 aliphatic carbocycles. The van der Waals surface area contributed by atoms with Gasteiger partial charge in [-0.25, -0.2) is 9.98 Å². The third-order valence-corrected chi connectivity index (χ3v) is 11.1. The van der Waals surface area contributed by atoms with E-state index in [-0.39, 0.29) is 0 Å². The highest BCUT2D eigenvalue weighted by molar-refractivity contribution is 6.51. The second kappa shape index (κ2) is 11.9. The van der Waals surface area contributed by atoms with E-state index in [0.717, 1.165) is 94.6 Å². The van der Waals surface area contributed by atoms with E-state index < -0.39 is 0 Å². The van der Waals surface area contributed by atoms with Gasteiger partial charge < -0.3 is 4.98 Å². The molecule has 0 atom stereocenters. The number of aliphatic imine (C=N–C) groups is 1. The third-order valence-electron chi connectivity index (χ3n) is 10.7. The van der Waals surface area contributed by atoms with E-state index in [1.54, 1.807) is 0 Å². The predicted octanol–water partition coefficient (Wildman–Crippen LogP) is 9.31. The Hall–Kier alpha value is -6.23. The summed E-state index contributed by atoms with van der Waals surface area (Å²) in [7, 11) is 0. The molecule has 0 saturated carbocycles. The molecule has 7 aromatic rings. The zero-order valence-electron chi connectivity index (χ0n) is 29.9. The predicted molar refractivity (Wildman–Crippen MR) is 218 cm³/mol. The normalized spacial score (nSPS) is 14.8. The molecule has 3 aliphatic heterocycles. The van der Waals surface area contributed by atoms with Gasteiger partial charge in [-0.15, -0.1) is 0 Å². The van der Waals surface area contributed by atoms with Crippen molar-refractivity contribution in [1.29, 1.82) is 0 Å². The van der Waals surface area contributed by atoms with Crippen LogP contribution < -0.4 is 16.2 Å². The van der Waals surface area contributed by atoms with Crippen molar-refractivity contribution >= 4 is 44.6 Å². The molecule has 0 unspecified atom stereocenters. The number of aromatic amines is 1. The second-order valence-corrected chi connectivity index (χ2v) is 14.8. The van der Waals surface area contributed by atoms with E-state index >= 15 is 0 Å². The second-order valence-electron chi connectivity index (χ2n) is 14.4. The van der Waals surface area contributed by atoms with Crippen LogP contribution in [-0.4, -0.2) is 15.1 Å². The monoisotopic (exact) mass is 702 g/mol. The molecule has 4 nitrogen and oxygen atoms in total. The van der Waals surface area contributed by atoms with Crippen molar-refractivity contribution in [3.8, 4) is 11.1 Å². The van der Waals surface area contributed by atoms with Gasteiger partial charge in [0.2, 0.25) is 0 Å². The minimum atomic E-state index is 0.638. The van der Waals surface area contributed by atoms with Gasteiger partial charge in [0.05, 0.1) is 33.3 Å². The molecule has 3 aliphatic rings. The topological polar surface area (TPSA) is 44.9 Å². The molecule has 1 N–H and O–H groups in total. The van der Waals surface area contributed by atoms with Crippen molar-refractivity contribution in [2.24, 2.45) is 9.98 Å². The Morgan fingerprint density at radius 2 is 1.00 bits per heavy atom. The fourth-order valence-electron chi connectivity index (χ4n) is 7.95. The smallest absolute Gasteiger partial charge is 0.147 e. The summed E-state index contributed by atoms with van der Waals surface area (Å²) >= 11 is 7.69. The number of hydrogen-bond donors (Lipinski definition) is 1. The fraction of sp³-hybridized carbons (Fsp3) is 0.0833. The molecule has 6 heterocycles. The lowest BCUT2D eigenvalue weighted by atomic mass is 9.98. The van der Waals surface area contributed by atoms with Gasteiger partial charge in [0.1, 0.15) is 5.49 Å². The van der Waals surface area contributed by atoms with Gasteiger partial charge >= 0.3 is 0 Å². The van der Waals surface area contributed by atoms with Crippen LogP contribution in [0.15, 0.2) is 155 Å². The van der Waals surface area contributed by atoms with Gasteiger partial charge in [-0.2, -0.15) is 0 Å². The molecule has 3 aromatic heterocycles. The molecular weight excluding hydrogens is 668 g/mol. The minimum absolute atomic E-state index is 0.638. The van der Waals surface area contributed by atoms with E-state index in [2.05, 4.69) is 171 Å². The Labute approximate surface area is 312 Å². The van der Waals surface area contributed by atoms with E-state index in [1.807, 2.05) is 0 Å². The zero-order valence-corrected chi connectivity index (χ0v) is 30.7. The first-order chi connectivity index (χ1) is 25.8. The van der Waals surface area contributed by atoms with Crippen molar-refractivity contribution in [1.82, 2.24) is 9.38 Å². The molecule has 0 fully saturated rings. The third kappa shape index (κ3) is 4.97. The average molecular weight is 703 g/mol. The Morgan fingerprint density at radius 1 is 0.491 bits per heavy atom. The van der Waals surface area contributed by atoms with Crippen LogP contribution in [0, 0.1) is 27.7 Å². The van der Waals surface area contributed by atoms with E-state index in [4.69, 9.17) is 21.6 Å². The largest absolute Gasteiger partial charge is 0.354 e. The number of H-pyrrole nitrogens is 1. The van der Waals surface area contributed by atoms with E-state index in [9.17, 15) is 0 Å². The van der Waals surface area contributed by atoms with Gasteiger partial charge in [0.15, 0.2) is 0 Å². The standard InChI is InChI=1S/C48H35ClN4/c1-27-5-13-31(14-6-27)41-35-21-23-37(50-35)42(32-15-7-28(2)8-16-32)39-25-26-40-44(34-19-11-30(4)12-20-34)45-46(49)47(52-48(45)53(39)40)43(38-24-22-36(41)51-38)33-17-9-29(3)10-18-33/h5-26,51H,1-4H3. The summed E-state index contributed by atoms with van der Waals surface area (Å²) in [6, 6.07) is 43.5. The number of allylic oxidation sites excluding steroid dienone is 3. The highest BCUT2D eigenvalue weighted by Gasteiger charge is 2.31. The highest BCUT2D eigenvalue weighted by atomic mass is 35.5. The molecule has 4 aromatic carbocycles. The summed E-state index contributed by atoms with van der Waals surface area (Å²) < 4.78 is 2.30. The summed E-state index contributed by atoms with van der Waals surface area (Å²) in [6.45, 7) is 8.47. The van der Waals surface area contributed by atoms with E-state index in [0.29, 0.717) is 5.03 Å². The lowest BCUT2D eigenvalue weighted by Gasteiger charge is -2.12. The SMILES string of the molecule is Cc1ccc(C2=C3C=CC(=N3)C(c3ccc(C)cc3)=c3ccc([nH]3)=C(c3ccc(C)cc3)C3=C(Cl)c4c(-c5ccc(C)cc5)c5ccc2n5c4=N3)cc1. The number of rotatable bonds is 4. The Balaban J connectivity index is 1.40. The highest BCUT2D eigenvalue weighted by Crippen LogP contribution is 2.43. The Bertz CT molecular complexity index is 2980. The molecule has 0 saturated heterocycles. The first kappa shape index (κ1) is 31.5. The average Bonchev–Trinajstić information content (AvgIpc) is 4.00. The van der Waals surface area contributed by atoms with Crippen LogP contribution in [0.3, 0.4) is 0 Å². The van der Waals surface area contributed by atoms with Crippen LogP contribution in [0.2, 0.25) is 0 Å². The Morgan fingerprint density at radius 3 is 1.58 bits per heavy atom. The quantitative estimate of drug-likeness (QED) is 0.190. The Kier molecular flexibility index (Phi) is 7.08. The van der Waals surface area contributed by atoms with Crippen molar-refractivity contribution < 1.29 is 0 Å². The first-order valence-corrected chi connectivity index (χ1v) is 18.4.